The molecule has 4 rings (SSSR count). The number of aryl methyl sites for hydroxylation is 1. The second-order valence-electron chi connectivity index (χ2n) is 6.52. The van der Waals surface area contributed by atoms with Crippen LogP contribution in [-0.4, -0.2) is 56.6 Å². The van der Waals surface area contributed by atoms with Gasteiger partial charge in [-0.05, 0) is 24.6 Å². The van der Waals surface area contributed by atoms with Gasteiger partial charge in [-0.3, -0.25) is 4.57 Å². The molecule has 1 unspecified atom stereocenters. The van der Waals surface area contributed by atoms with Gasteiger partial charge in [0, 0.05) is 30.3 Å². The van der Waals surface area contributed by atoms with E-state index in [4.69, 9.17) is 4.74 Å². The van der Waals surface area contributed by atoms with Crippen LogP contribution in [0.4, 0.5) is 14.6 Å². The van der Waals surface area contributed by atoms with Crippen molar-refractivity contribution in [2.75, 3.05) is 37.5 Å². The van der Waals surface area contributed by atoms with Crippen LogP contribution in [0.1, 0.15) is 17.8 Å². The topological polar surface area (TPSA) is 79.1 Å². The lowest BCUT2D eigenvalue weighted by Gasteiger charge is -2.28. The summed E-state index contributed by atoms with van der Waals surface area (Å²) in [6.07, 6.45) is -1.32. The molecule has 0 radical (unpaired) electrons. The van der Waals surface area contributed by atoms with Crippen molar-refractivity contribution in [1.82, 2.24) is 19.5 Å². The predicted octanol–water partition coefficient (Wildman–Crippen LogP) is 2.64. The van der Waals surface area contributed by atoms with E-state index in [1.54, 1.807) is 18.2 Å². The monoisotopic (exact) mass is 407 g/mol. The average Bonchev–Trinajstić information content (AvgIpc) is 3.07. The van der Waals surface area contributed by atoms with Crippen molar-refractivity contribution in [3.05, 3.63) is 35.7 Å². The van der Waals surface area contributed by atoms with Gasteiger partial charge in [0.05, 0.1) is 24.2 Å². The second kappa shape index (κ2) is 7.61. The number of anilines is 1. The molecular weight excluding hydrogens is 388 g/mol. The molecule has 2 aromatic heterocycles. The van der Waals surface area contributed by atoms with Gasteiger partial charge in [-0.1, -0.05) is 6.07 Å². The van der Waals surface area contributed by atoms with Crippen LogP contribution < -0.4 is 4.90 Å². The molecule has 28 heavy (non-hydrogen) atoms. The maximum Gasteiger partial charge on any atom is 0.346 e. The van der Waals surface area contributed by atoms with E-state index in [9.17, 15) is 13.3 Å². The Bertz CT molecular complexity index is 1010. The van der Waals surface area contributed by atoms with Gasteiger partial charge >= 0.3 is 5.16 Å². The van der Waals surface area contributed by atoms with Gasteiger partial charge in [0.15, 0.2) is 5.82 Å². The summed E-state index contributed by atoms with van der Waals surface area (Å²) in [4.78, 5) is 14.8. The Labute approximate surface area is 163 Å². The Morgan fingerprint density at radius 1 is 1.11 bits per heavy atom. The lowest BCUT2D eigenvalue weighted by molar-refractivity contribution is 0.122. The summed E-state index contributed by atoms with van der Waals surface area (Å²) in [6, 6.07) is 6.95. The number of morpholine rings is 1. The zero-order chi connectivity index (χ0) is 19.8. The maximum absolute atomic E-state index is 13.8. The Balaban J connectivity index is 1.93. The molecule has 10 heteroatoms. The highest BCUT2D eigenvalue weighted by Gasteiger charge is 2.25. The SMILES string of the molecule is Cc1ccc2c(c1)nc(C(F)F)n2-c1cc(N2CCOCC2)nc([S+](C)[O-])n1. The van der Waals surface area contributed by atoms with Gasteiger partial charge < -0.3 is 14.2 Å². The predicted molar refractivity (Wildman–Crippen MR) is 102 cm³/mol. The van der Waals surface area contributed by atoms with Gasteiger partial charge in [-0.2, -0.15) is 9.97 Å². The van der Waals surface area contributed by atoms with E-state index >= 15 is 0 Å². The van der Waals surface area contributed by atoms with Crippen molar-refractivity contribution in [3.8, 4) is 5.82 Å². The van der Waals surface area contributed by atoms with Crippen LogP contribution in [0.25, 0.3) is 16.9 Å². The second-order valence-corrected chi connectivity index (χ2v) is 7.79. The summed E-state index contributed by atoms with van der Waals surface area (Å²) in [7, 11) is 0. The first kappa shape index (κ1) is 19.0. The number of benzene rings is 1. The largest absolute Gasteiger partial charge is 0.609 e. The quantitative estimate of drug-likeness (QED) is 0.489. The minimum atomic E-state index is -2.79. The van der Waals surface area contributed by atoms with E-state index in [1.165, 1.54) is 10.8 Å². The van der Waals surface area contributed by atoms with Crippen molar-refractivity contribution in [1.29, 1.82) is 0 Å². The van der Waals surface area contributed by atoms with Crippen LogP contribution >= 0.6 is 0 Å². The first-order chi connectivity index (χ1) is 13.4. The molecule has 7 nitrogen and oxygen atoms in total. The third-order valence-electron chi connectivity index (χ3n) is 4.53. The molecule has 1 aromatic carbocycles. The molecule has 3 heterocycles. The molecule has 1 saturated heterocycles. The molecule has 0 N–H and O–H groups in total. The number of halogens is 2. The van der Waals surface area contributed by atoms with E-state index in [1.807, 2.05) is 17.9 Å². The molecule has 148 valence electrons. The summed E-state index contributed by atoms with van der Waals surface area (Å²) >= 11 is -1.47. The highest BCUT2D eigenvalue weighted by atomic mass is 32.2. The van der Waals surface area contributed by atoms with E-state index < -0.39 is 23.4 Å². The molecule has 3 aromatic rings. The zero-order valence-electron chi connectivity index (χ0n) is 15.4. The number of aromatic nitrogens is 4. The third kappa shape index (κ3) is 3.54. The average molecular weight is 407 g/mol. The number of hydrogen-bond acceptors (Lipinski definition) is 6. The van der Waals surface area contributed by atoms with Crippen molar-refractivity contribution in [2.45, 2.75) is 18.5 Å². The first-order valence-corrected chi connectivity index (χ1v) is 10.3. The van der Waals surface area contributed by atoms with Crippen LogP contribution in [0.15, 0.2) is 29.4 Å². The molecule has 1 fully saturated rings. The number of imidazole rings is 1. The molecule has 0 aliphatic carbocycles. The van der Waals surface area contributed by atoms with Gasteiger partial charge in [0.2, 0.25) is 0 Å². The molecule has 0 spiro atoms. The molecule has 1 aliphatic heterocycles. The number of nitrogens with zero attached hydrogens (tertiary/aromatic N) is 5. The minimum Gasteiger partial charge on any atom is -0.609 e. The first-order valence-electron chi connectivity index (χ1n) is 8.77. The molecule has 0 saturated carbocycles. The van der Waals surface area contributed by atoms with E-state index in [-0.39, 0.29) is 11.0 Å². The molecule has 0 amide bonds. The Kier molecular flexibility index (Phi) is 5.17. The summed E-state index contributed by atoms with van der Waals surface area (Å²) < 4.78 is 46.3. The number of fused-ring (bicyclic) bond motifs is 1. The number of ether oxygens (including phenoxy) is 1. The minimum absolute atomic E-state index is 0.0909. The van der Waals surface area contributed by atoms with Crippen LogP contribution in [0, 0.1) is 6.92 Å². The van der Waals surface area contributed by atoms with Crippen molar-refractivity contribution in [3.63, 3.8) is 0 Å². The smallest absolute Gasteiger partial charge is 0.346 e. The summed E-state index contributed by atoms with van der Waals surface area (Å²) in [5, 5.41) is 0.0909. The fraction of sp³-hybridized carbons (Fsp3) is 0.389. The number of alkyl halides is 2. The third-order valence-corrected chi connectivity index (χ3v) is 5.23. The van der Waals surface area contributed by atoms with Gasteiger partial charge in [-0.25, -0.2) is 13.8 Å². The fourth-order valence-corrected chi connectivity index (χ4v) is 3.64. The highest BCUT2D eigenvalue weighted by molar-refractivity contribution is 7.90. The van der Waals surface area contributed by atoms with Crippen molar-refractivity contribution >= 4 is 28.0 Å². The maximum atomic E-state index is 13.8. The summed E-state index contributed by atoms with van der Waals surface area (Å²) in [5.41, 5.74) is 1.89. The van der Waals surface area contributed by atoms with Gasteiger partial charge in [0.1, 0.15) is 17.9 Å². The van der Waals surface area contributed by atoms with Crippen molar-refractivity contribution < 1.29 is 18.1 Å². The Hall–Kier alpha value is -2.30. The highest BCUT2D eigenvalue weighted by Crippen LogP contribution is 2.29. The van der Waals surface area contributed by atoms with Crippen LogP contribution in [0.5, 0.6) is 0 Å². The lowest BCUT2D eigenvalue weighted by atomic mass is 10.2. The van der Waals surface area contributed by atoms with Crippen LogP contribution in [-0.2, 0) is 15.9 Å². The summed E-state index contributed by atoms with van der Waals surface area (Å²) in [5.74, 6) is 0.357. The molecule has 1 atom stereocenters. The van der Waals surface area contributed by atoms with E-state index in [0.717, 1.165) is 5.56 Å². The number of rotatable bonds is 4. The van der Waals surface area contributed by atoms with E-state index in [2.05, 4.69) is 15.0 Å². The van der Waals surface area contributed by atoms with Crippen LogP contribution in [0.2, 0.25) is 0 Å². The molecular formula is C18H19F2N5O2S. The van der Waals surface area contributed by atoms with Crippen LogP contribution in [0.3, 0.4) is 0 Å². The standard InChI is InChI=1S/C18H19F2N5O2S/c1-11-3-4-13-12(9-11)21-17(16(19)20)25(13)15-10-14(22-18(23-15)28(2)26)24-5-7-27-8-6-24/h3-4,9-10,16H,5-8H2,1-2H3. The van der Waals surface area contributed by atoms with Crippen molar-refractivity contribution in [2.24, 2.45) is 0 Å². The van der Waals surface area contributed by atoms with Gasteiger partial charge in [0.25, 0.3) is 6.43 Å². The summed E-state index contributed by atoms with van der Waals surface area (Å²) in [6.45, 7) is 4.18. The molecule has 0 bridgehead atoms. The zero-order valence-corrected chi connectivity index (χ0v) is 16.2. The molecule has 1 aliphatic rings. The Morgan fingerprint density at radius 2 is 1.82 bits per heavy atom. The number of hydrogen-bond donors (Lipinski definition) is 0. The lowest BCUT2D eigenvalue weighted by Crippen LogP contribution is -2.37. The normalized spacial score (nSPS) is 16.1. The Morgan fingerprint density at radius 3 is 2.50 bits per heavy atom. The van der Waals surface area contributed by atoms with Gasteiger partial charge in [-0.15, -0.1) is 0 Å². The fourth-order valence-electron chi connectivity index (χ4n) is 3.19. The van der Waals surface area contributed by atoms with E-state index in [0.29, 0.717) is 43.2 Å².